The normalized spacial score (nSPS) is 27.2. The Kier molecular flexibility index (Phi) is 6.73. The number of ketones is 1. The number of allylic oxidation sites excluding steroid dienone is 1. The zero-order valence-corrected chi connectivity index (χ0v) is 17.9. The number of carbonyl (C=O) groups excluding carboxylic acids is 4. The number of aliphatic hydroxyl groups excluding tert-OH is 1. The molecule has 1 aromatic rings. The predicted octanol–water partition coefficient (Wildman–Crippen LogP) is 1.76. The number of benzene rings is 1. The molecule has 0 spiro atoms. The van der Waals surface area contributed by atoms with Crippen molar-refractivity contribution in [3.63, 3.8) is 0 Å². The van der Waals surface area contributed by atoms with E-state index in [1.54, 1.807) is 31.2 Å². The van der Waals surface area contributed by atoms with Crippen molar-refractivity contribution in [1.29, 1.82) is 0 Å². The molecule has 10 nitrogen and oxygen atoms in total. The Morgan fingerprint density at radius 3 is 2.03 bits per heavy atom. The maximum Gasteiger partial charge on any atom is 0.303 e. The number of fused-ring (bicyclic) bond motifs is 1. The van der Waals surface area contributed by atoms with Gasteiger partial charge in [-0.25, -0.2) is 0 Å². The van der Waals surface area contributed by atoms with Crippen molar-refractivity contribution in [2.24, 2.45) is 4.99 Å². The van der Waals surface area contributed by atoms with Crippen LogP contribution in [0.25, 0.3) is 5.76 Å². The second-order valence-corrected chi connectivity index (χ2v) is 7.37. The molecule has 5 atom stereocenters. The van der Waals surface area contributed by atoms with E-state index in [9.17, 15) is 24.3 Å². The number of Topliss-reactive ketones (excluding diaryl/α,β-unsaturated/α-hetero) is 1. The SMILES string of the molecule is CC(=O)O[C@@H]1[C@@H](OC(C)=O)[C@H](C)O[C@@H](/N=C/C2=C(O)c3ccccc3C2=O)[C@@H]1OC(C)=O. The fourth-order valence-electron chi connectivity index (χ4n) is 3.66. The molecule has 170 valence electrons. The monoisotopic (exact) mass is 445 g/mol. The first-order valence-electron chi connectivity index (χ1n) is 9.87. The fraction of sp³-hybridized carbons (Fsp3) is 0.409. The van der Waals surface area contributed by atoms with E-state index in [0.29, 0.717) is 11.1 Å². The van der Waals surface area contributed by atoms with Crippen molar-refractivity contribution < 1.29 is 43.2 Å². The Labute approximate surface area is 183 Å². The number of esters is 3. The summed E-state index contributed by atoms with van der Waals surface area (Å²) in [4.78, 5) is 51.8. The van der Waals surface area contributed by atoms with E-state index < -0.39 is 54.3 Å². The summed E-state index contributed by atoms with van der Waals surface area (Å²) in [6.45, 7) is 5.06. The van der Waals surface area contributed by atoms with Gasteiger partial charge in [-0.2, -0.15) is 0 Å². The summed E-state index contributed by atoms with van der Waals surface area (Å²) in [5, 5.41) is 10.4. The van der Waals surface area contributed by atoms with Crippen LogP contribution in [0.2, 0.25) is 0 Å². The molecule has 0 saturated carbocycles. The van der Waals surface area contributed by atoms with E-state index in [4.69, 9.17) is 18.9 Å². The predicted molar refractivity (Wildman–Crippen MR) is 110 cm³/mol. The molecule has 1 aliphatic carbocycles. The second-order valence-electron chi connectivity index (χ2n) is 7.37. The number of nitrogens with zero attached hydrogens (tertiary/aromatic N) is 1. The lowest BCUT2D eigenvalue weighted by Gasteiger charge is -2.42. The third kappa shape index (κ3) is 4.70. The van der Waals surface area contributed by atoms with Crippen molar-refractivity contribution >= 4 is 35.7 Å². The molecule has 3 rings (SSSR count). The summed E-state index contributed by atoms with van der Waals surface area (Å²) in [5.41, 5.74) is 0.643. The van der Waals surface area contributed by atoms with Crippen molar-refractivity contribution in [2.75, 3.05) is 0 Å². The van der Waals surface area contributed by atoms with Crippen LogP contribution in [0.4, 0.5) is 0 Å². The van der Waals surface area contributed by atoms with Crippen LogP contribution < -0.4 is 0 Å². The van der Waals surface area contributed by atoms with Gasteiger partial charge < -0.3 is 24.1 Å². The summed E-state index contributed by atoms with van der Waals surface area (Å²) in [5.74, 6) is -2.71. The molecule has 1 aliphatic heterocycles. The first-order valence-corrected chi connectivity index (χ1v) is 9.87. The van der Waals surface area contributed by atoms with Crippen molar-refractivity contribution in [1.82, 2.24) is 0 Å². The molecule has 0 bridgehead atoms. The van der Waals surface area contributed by atoms with Crippen molar-refractivity contribution in [3.05, 3.63) is 41.0 Å². The molecule has 0 amide bonds. The zero-order valence-electron chi connectivity index (χ0n) is 17.9. The minimum Gasteiger partial charge on any atom is -0.506 e. The van der Waals surface area contributed by atoms with Gasteiger partial charge in [0, 0.05) is 38.1 Å². The molecule has 32 heavy (non-hydrogen) atoms. The van der Waals surface area contributed by atoms with E-state index >= 15 is 0 Å². The third-order valence-electron chi connectivity index (χ3n) is 4.93. The van der Waals surface area contributed by atoms with Crippen molar-refractivity contribution in [3.8, 4) is 0 Å². The van der Waals surface area contributed by atoms with Gasteiger partial charge in [-0.05, 0) is 6.92 Å². The summed E-state index contributed by atoms with van der Waals surface area (Å²) in [6.07, 6.45) is -4.40. The highest BCUT2D eigenvalue weighted by molar-refractivity contribution is 6.30. The van der Waals surface area contributed by atoms with E-state index in [1.165, 1.54) is 6.92 Å². The van der Waals surface area contributed by atoms with Crippen LogP contribution >= 0.6 is 0 Å². The summed E-state index contributed by atoms with van der Waals surface area (Å²) < 4.78 is 21.6. The highest BCUT2D eigenvalue weighted by atomic mass is 16.6. The van der Waals surface area contributed by atoms with Gasteiger partial charge in [0.15, 0.2) is 30.3 Å². The van der Waals surface area contributed by atoms with Crippen LogP contribution in [-0.4, -0.2) is 65.7 Å². The third-order valence-corrected chi connectivity index (χ3v) is 4.93. The quantitative estimate of drug-likeness (QED) is 0.408. The fourth-order valence-corrected chi connectivity index (χ4v) is 3.66. The number of aliphatic hydroxyl groups is 1. The average Bonchev–Trinajstić information content (AvgIpc) is 2.95. The maximum atomic E-state index is 12.6. The molecule has 10 heteroatoms. The van der Waals surface area contributed by atoms with Gasteiger partial charge in [-0.1, -0.05) is 24.3 Å². The molecular weight excluding hydrogens is 422 g/mol. The Morgan fingerprint density at radius 2 is 1.47 bits per heavy atom. The Morgan fingerprint density at radius 1 is 0.938 bits per heavy atom. The van der Waals surface area contributed by atoms with Crippen LogP contribution in [-0.2, 0) is 33.3 Å². The number of carbonyl (C=O) groups is 4. The van der Waals surface area contributed by atoms with E-state index in [-0.39, 0.29) is 11.3 Å². The first kappa shape index (κ1) is 23.1. The number of hydrogen-bond acceptors (Lipinski definition) is 10. The number of hydrogen-bond donors (Lipinski definition) is 1. The van der Waals surface area contributed by atoms with Crippen LogP contribution in [0, 0.1) is 0 Å². The largest absolute Gasteiger partial charge is 0.506 e. The van der Waals surface area contributed by atoms with Crippen LogP contribution in [0.15, 0.2) is 34.8 Å². The van der Waals surface area contributed by atoms with Gasteiger partial charge >= 0.3 is 17.9 Å². The number of ether oxygens (including phenoxy) is 4. The van der Waals surface area contributed by atoms with Gasteiger partial charge in [0.25, 0.3) is 0 Å². The van der Waals surface area contributed by atoms with Crippen LogP contribution in [0.1, 0.15) is 43.6 Å². The molecule has 1 heterocycles. The average molecular weight is 445 g/mol. The first-order chi connectivity index (χ1) is 15.1. The molecule has 0 unspecified atom stereocenters. The lowest BCUT2D eigenvalue weighted by Crippen LogP contribution is -2.60. The highest BCUT2D eigenvalue weighted by Gasteiger charge is 2.50. The molecule has 1 fully saturated rings. The molecule has 1 N–H and O–H groups in total. The maximum absolute atomic E-state index is 12.6. The van der Waals surface area contributed by atoms with E-state index in [0.717, 1.165) is 20.1 Å². The van der Waals surface area contributed by atoms with Crippen molar-refractivity contribution in [2.45, 2.75) is 58.3 Å². The highest BCUT2D eigenvalue weighted by Crippen LogP contribution is 2.32. The van der Waals surface area contributed by atoms with E-state index in [2.05, 4.69) is 4.99 Å². The standard InChI is InChI=1S/C22H23NO9/c1-10-19(30-11(2)24)20(31-12(3)25)21(32-13(4)26)22(29-10)23-9-16-17(27)14-7-5-6-8-15(14)18(16)28/h5-10,19-22,27H,1-4H3/b23-9+/t10-,19-,20+,21+,22+/m0/s1. The second kappa shape index (κ2) is 9.31. The van der Waals surface area contributed by atoms with Gasteiger partial charge in [0.2, 0.25) is 0 Å². The Balaban J connectivity index is 1.94. The van der Waals surface area contributed by atoms with Gasteiger partial charge in [-0.15, -0.1) is 0 Å². The summed E-state index contributed by atoms with van der Waals surface area (Å²) in [7, 11) is 0. The molecular formula is C22H23NO9. The zero-order chi connectivity index (χ0) is 23.6. The molecule has 1 aromatic carbocycles. The Hall–Kier alpha value is -3.53. The lowest BCUT2D eigenvalue weighted by molar-refractivity contribution is -0.242. The van der Waals surface area contributed by atoms with Gasteiger partial charge in [-0.3, -0.25) is 24.2 Å². The molecule has 2 aliphatic rings. The topological polar surface area (TPSA) is 138 Å². The molecule has 0 radical (unpaired) electrons. The molecule has 0 aromatic heterocycles. The summed E-state index contributed by atoms with van der Waals surface area (Å²) >= 11 is 0. The minimum absolute atomic E-state index is 0.0600. The van der Waals surface area contributed by atoms with Crippen LogP contribution in [0.5, 0.6) is 0 Å². The number of aliphatic imine (C=N–C) groups is 1. The van der Waals surface area contributed by atoms with Crippen LogP contribution in [0.3, 0.4) is 0 Å². The number of rotatable bonds is 5. The smallest absolute Gasteiger partial charge is 0.303 e. The van der Waals surface area contributed by atoms with E-state index in [1.807, 2.05) is 0 Å². The van der Waals surface area contributed by atoms with Gasteiger partial charge in [0.05, 0.1) is 11.7 Å². The Bertz CT molecular complexity index is 1010. The summed E-state index contributed by atoms with van der Waals surface area (Å²) in [6, 6.07) is 6.54. The minimum atomic E-state index is -1.27. The van der Waals surface area contributed by atoms with Gasteiger partial charge in [0.1, 0.15) is 5.76 Å². The lowest BCUT2D eigenvalue weighted by atomic mass is 9.98. The molecule has 1 saturated heterocycles.